The monoisotopic (exact) mass is 1630 g/mol. The van der Waals surface area contributed by atoms with Gasteiger partial charge in [-0.25, -0.2) is 43.4 Å². The normalized spacial score (nSPS) is 11.0. The number of halogens is 1. The van der Waals surface area contributed by atoms with E-state index in [4.69, 9.17) is 16.7 Å². The summed E-state index contributed by atoms with van der Waals surface area (Å²) in [5.41, 5.74) is 5.98. The summed E-state index contributed by atoms with van der Waals surface area (Å²) in [7, 11) is 8.73. The number of imidazole rings is 1. The van der Waals surface area contributed by atoms with Crippen molar-refractivity contribution in [1.29, 1.82) is 0 Å². The number of aromatic nitrogens is 10. The van der Waals surface area contributed by atoms with Gasteiger partial charge >= 0.3 is 18.1 Å². The highest BCUT2D eigenvalue weighted by Gasteiger charge is 2.29. The van der Waals surface area contributed by atoms with Gasteiger partial charge in [-0.1, -0.05) is 86.0 Å². The van der Waals surface area contributed by atoms with E-state index in [1.807, 2.05) is 86.6 Å². The molecule has 10 aromatic rings. The molecule has 0 fully saturated rings. The fourth-order valence-corrected chi connectivity index (χ4v) is 10.8. The quantitative estimate of drug-likeness (QED) is 0.0277. The van der Waals surface area contributed by atoms with Crippen LogP contribution in [0, 0.1) is 0 Å². The minimum atomic E-state index is -0.517. The van der Waals surface area contributed by atoms with Crippen molar-refractivity contribution < 1.29 is 57.5 Å². The minimum absolute atomic E-state index is 0.268. The summed E-state index contributed by atoms with van der Waals surface area (Å²) in [6.45, 7) is 16.4. The molecule has 0 bridgehead atoms. The van der Waals surface area contributed by atoms with Gasteiger partial charge in [0.05, 0.1) is 45.2 Å². The Hall–Kier alpha value is -14.4. The predicted molar refractivity (Wildman–Crippen MR) is 446 cm³/mol. The van der Waals surface area contributed by atoms with E-state index in [2.05, 4.69) is 93.9 Å². The van der Waals surface area contributed by atoms with Crippen LogP contribution >= 0.6 is 11.6 Å². The predicted octanol–water partition coefficient (Wildman–Crippen LogP) is 7.56. The number of anilines is 6. The number of fused-ring (bicyclic) bond motifs is 1. The number of para-hydroxylation sites is 2. The van der Waals surface area contributed by atoms with Crippen molar-refractivity contribution in [3.8, 4) is 17.1 Å². The second-order valence-corrected chi connectivity index (χ2v) is 29.8. The second-order valence-electron chi connectivity index (χ2n) is 29.3. The number of urea groups is 3. The van der Waals surface area contributed by atoms with Gasteiger partial charge in [0.1, 0.15) is 68.9 Å². The van der Waals surface area contributed by atoms with Gasteiger partial charge in [0.15, 0.2) is 0 Å². The lowest BCUT2D eigenvalue weighted by molar-refractivity contribution is -0.125. The molecule has 5 heterocycles. The van der Waals surface area contributed by atoms with Crippen LogP contribution in [0.1, 0.15) is 110 Å². The van der Waals surface area contributed by atoms with Crippen LogP contribution in [0.15, 0.2) is 158 Å². The molecule has 0 saturated heterocycles. The third kappa shape index (κ3) is 25.1. The number of hydrogen-bond donors (Lipinski definition) is 13. The van der Waals surface area contributed by atoms with E-state index in [1.54, 1.807) is 135 Å². The number of aromatic amines is 1. The molecule has 118 heavy (non-hydrogen) atoms. The van der Waals surface area contributed by atoms with Gasteiger partial charge in [0, 0.05) is 110 Å². The second kappa shape index (κ2) is 40.1. The van der Waals surface area contributed by atoms with E-state index in [1.165, 1.54) is 54.8 Å². The third-order valence-electron chi connectivity index (χ3n) is 17.3. The highest BCUT2D eigenvalue weighted by atomic mass is 35.5. The Morgan fingerprint density at radius 1 is 0.390 bits per heavy atom. The van der Waals surface area contributed by atoms with Gasteiger partial charge < -0.3 is 56.9 Å². The molecule has 10 rings (SSSR count). The van der Waals surface area contributed by atoms with Crippen LogP contribution in [-0.4, -0.2) is 217 Å². The Labute approximate surface area is 685 Å². The van der Waals surface area contributed by atoms with Crippen molar-refractivity contribution in [3.05, 3.63) is 197 Å². The van der Waals surface area contributed by atoms with Crippen molar-refractivity contribution in [2.75, 3.05) is 113 Å². The van der Waals surface area contributed by atoms with Gasteiger partial charge in [-0.2, -0.15) is 15.3 Å². The number of amides is 15. The summed E-state index contributed by atoms with van der Waals surface area (Å²) in [4.78, 5) is 168. The lowest BCUT2D eigenvalue weighted by Gasteiger charge is -2.21. The molecule has 0 atom stereocenters. The molecule has 0 aliphatic heterocycles. The number of H-pyrrole nitrogens is 1. The summed E-state index contributed by atoms with van der Waals surface area (Å²) in [6.07, 6.45) is 2.84. The summed E-state index contributed by atoms with van der Waals surface area (Å²) < 4.78 is 4.70. The summed E-state index contributed by atoms with van der Waals surface area (Å²) in [6, 6.07) is 39.0. The van der Waals surface area contributed by atoms with Crippen LogP contribution in [0.3, 0.4) is 0 Å². The van der Waals surface area contributed by atoms with Crippen molar-refractivity contribution >= 4 is 129 Å². The number of nitrogens with zero attached hydrogens (tertiary/aromatic N) is 12. The maximum absolute atomic E-state index is 13.2. The number of carbonyl (C=O) groups is 12. The number of nitrogens with one attached hydrogen (secondary N) is 13. The van der Waals surface area contributed by atoms with E-state index in [0.717, 1.165) is 42.8 Å². The number of hydrogen-bond acceptors (Lipinski definition) is 18. The van der Waals surface area contributed by atoms with Crippen LogP contribution in [-0.2, 0) is 45.0 Å². The van der Waals surface area contributed by atoms with Crippen LogP contribution in [0.4, 0.5) is 49.3 Å². The van der Waals surface area contributed by atoms with Gasteiger partial charge in [-0.15, -0.1) is 0 Å². The van der Waals surface area contributed by atoms with E-state index in [0.29, 0.717) is 57.0 Å². The first kappa shape index (κ1) is 89.2. The van der Waals surface area contributed by atoms with E-state index in [9.17, 15) is 57.5 Å². The molecule has 0 radical (unpaired) electrons. The molecule has 0 unspecified atom stereocenters. The maximum Gasteiger partial charge on any atom is 0.327 e. The largest absolute Gasteiger partial charge is 0.358 e. The van der Waals surface area contributed by atoms with Crippen molar-refractivity contribution in [3.63, 3.8) is 0 Å². The Morgan fingerprint density at radius 3 is 1.02 bits per heavy atom. The molecule has 0 aliphatic carbocycles. The van der Waals surface area contributed by atoms with E-state index in [-0.39, 0.29) is 72.2 Å². The van der Waals surface area contributed by atoms with Crippen LogP contribution in [0.2, 0.25) is 5.02 Å². The number of carbonyl (C=O) groups excluding carboxylic acids is 12. The smallest absolute Gasteiger partial charge is 0.327 e. The Bertz CT molecular complexity index is 5170. The van der Waals surface area contributed by atoms with Gasteiger partial charge in [0.25, 0.3) is 17.7 Å². The highest BCUT2D eigenvalue weighted by Crippen LogP contribution is 2.31. The first-order valence-corrected chi connectivity index (χ1v) is 37.2. The standard InChI is InChI=1S/C28H33N9O4.C27H32ClN7O4.C25H31N9O4/c1-28(2,3)21-14-22(33-27(41)34-26-31-19-8-6-7-9-20(19)32-26)37(35-21)18-12-10-17(11-13-18)25(40)36(15-23(38)29-4)16-24(39)30-5;1-27(2,3)21-14-22(32-26(39)31-19-10-8-18(28)9-11-19)35(33-21)20-12-6-17(7-13-20)25(38)34(15-23(36)29-4)16-24(37)30-5;1-25(2,3)18-12-20(31-24(38)30-19-10-11-28-15-29-19)34(32-18)17-8-6-16(7-9-17)23(37)33(13-21(35)26-4)14-22(36)27-5/h6-14H,15-16H2,1-5H3,(H,29,38)(H,30,39)(H3,31,32,33,34,41);6-14H,15-16H2,1-5H3,(H,29,36)(H,30,37)(H2,31,32,39);6-12,15H,13-14H2,1-5H3,(H,26,35)(H,27,36)(H2,28,29,30,31,38). The summed E-state index contributed by atoms with van der Waals surface area (Å²) >= 11 is 5.92. The molecular weight excluding hydrogens is 1540 g/mol. The fraction of sp³-hybridized carbons (Fsp3) is 0.300. The van der Waals surface area contributed by atoms with Gasteiger partial charge in [0.2, 0.25) is 41.4 Å². The lowest BCUT2D eigenvalue weighted by Crippen LogP contribution is -2.44. The lowest BCUT2D eigenvalue weighted by atomic mass is 9.92. The van der Waals surface area contributed by atoms with E-state index >= 15 is 0 Å². The first-order chi connectivity index (χ1) is 55.9. The van der Waals surface area contributed by atoms with Crippen molar-refractivity contribution in [2.45, 2.75) is 78.6 Å². The SMILES string of the molecule is CNC(=O)CN(CC(=O)NC)C(=O)c1ccc(-n2nc(C(C)(C)C)cc2NC(=O)Nc2ccc(Cl)cc2)cc1.CNC(=O)CN(CC(=O)NC)C(=O)c1ccc(-n2nc(C(C)(C)C)cc2NC(=O)Nc2ccncn2)cc1.CNC(=O)CN(CC(=O)NC)C(=O)c1ccc(-n2nc(C(C)(C)C)cc2NC(=O)Nc2nc3ccccc3[nH]2)cc1. The Balaban J connectivity index is 0.000000221. The average Bonchev–Trinajstić information content (AvgIpc) is 1.65. The molecule has 0 aliphatic rings. The Morgan fingerprint density at radius 2 is 0.712 bits per heavy atom. The third-order valence-corrected chi connectivity index (χ3v) is 17.6. The molecule has 37 nitrogen and oxygen atoms in total. The average molecular weight is 1640 g/mol. The van der Waals surface area contributed by atoms with Crippen LogP contribution in [0.25, 0.3) is 28.1 Å². The van der Waals surface area contributed by atoms with Crippen molar-refractivity contribution in [1.82, 2.24) is 95.9 Å². The molecule has 0 saturated carbocycles. The molecule has 620 valence electrons. The zero-order valence-corrected chi connectivity index (χ0v) is 68.7. The highest BCUT2D eigenvalue weighted by molar-refractivity contribution is 6.30. The van der Waals surface area contributed by atoms with Crippen LogP contribution in [0.5, 0.6) is 0 Å². The number of likely N-dealkylation sites (N-methyl/N-ethyl adjacent to an activating group) is 6. The summed E-state index contributed by atoms with van der Waals surface area (Å²) in [5.74, 6) is -1.99. The Kier molecular flexibility index (Phi) is 30.3. The first-order valence-electron chi connectivity index (χ1n) is 36.9. The molecule has 5 aromatic heterocycles. The minimum Gasteiger partial charge on any atom is -0.358 e. The van der Waals surface area contributed by atoms with Gasteiger partial charge in [-0.05, 0) is 115 Å². The molecular formula is C80H96ClN25O12. The molecule has 5 aromatic carbocycles. The fourth-order valence-electron chi connectivity index (χ4n) is 10.7. The molecule has 38 heteroatoms. The molecule has 0 spiro atoms. The van der Waals surface area contributed by atoms with Crippen molar-refractivity contribution in [2.24, 2.45) is 0 Å². The van der Waals surface area contributed by atoms with Crippen LogP contribution < -0.4 is 63.8 Å². The molecule has 15 amide bonds. The zero-order valence-electron chi connectivity index (χ0n) is 67.9. The molecule has 13 N–H and O–H groups in total. The summed E-state index contributed by atoms with van der Waals surface area (Å²) in [5, 5.41) is 45.9. The number of rotatable bonds is 24. The van der Waals surface area contributed by atoms with Gasteiger partial charge in [-0.3, -0.25) is 69.7 Å². The topological polar surface area (TPSA) is 467 Å². The maximum atomic E-state index is 13.2. The zero-order chi connectivity index (χ0) is 86.3. The van der Waals surface area contributed by atoms with E-state index < -0.39 is 71.3 Å². The number of benzene rings is 5.